The molecule has 0 spiro atoms. The maximum absolute atomic E-state index is 13.4. The molecule has 1 aromatic heterocycles. The van der Waals surface area contributed by atoms with Crippen LogP contribution in [0.1, 0.15) is 61.5 Å². The molecular weight excluding hydrogens is 359 g/mol. The van der Waals surface area contributed by atoms with E-state index in [4.69, 9.17) is 0 Å². The van der Waals surface area contributed by atoms with E-state index in [1.165, 1.54) is 59.1 Å². The van der Waals surface area contributed by atoms with Gasteiger partial charge in [-0.15, -0.1) is 0 Å². The van der Waals surface area contributed by atoms with Gasteiger partial charge in [0.15, 0.2) is 0 Å². The van der Waals surface area contributed by atoms with Crippen LogP contribution in [0.3, 0.4) is 0 Å². The predicted octanol–water partition coefficient (Wildman–Crippen LogP) is 6.83. The number of rotatable bonds is 5. The van der Waals surface area contributed by atoms with E-state index in [1.54, 1.807) is 0 Å². The zero-order chi connectivity index (χ0) is 20.5. The van der Waals surface area contributed by atoms with E-state index in [0.29, 0.717) is 6.04 Å². The van der Waals surface area contributed by atoms with Crippen LogP contribution in [0.4, 0.5) is 4.39 Å². The van der Waals surface area contributed by atoms with Gasteiger partial charge in [-0.05, 0) is 68.3 Å². The Morgan fingerprint density at radius 1 is 1.17 bits per heavy atom. The number of hydrogen-bond acceptors (Lipinski definition) is 1. The Balaban J connectivity index is 1.89. The number of hydrogen-bond donors (Lipinski definition) is 0. The van der Waals surface area contributed by atoms with Crippen molar-refractivity contribution in [2.24, 2.45) is 0 Å². The summed E-state index contributed by atoms with van der Waals surface area (Å²) in [7, 11) is 2.27. The molecule has 0 aliphatic carbocycles. The Bertz CT molecular complexity index is 1040. The van der Waals surface area contributed by atoms with Crippen LogP contribution < -0.4 is 0 Å². The van der Waals surface area contributed by atoms with Crippen LogP contribution in [0, 0.1) is 12.7 Å². The van der Waals surface area contributed by atoms with Crippen molar-refractivity contribution in [2.45, 2.75) is 52.5 Å². The summed E-state index contributed by atoms with van der Waals surface area (Å²) in [5.41, 5.74) is 7.73. The van der Waals surface area contributed by atoms with E-state index in [0.717, 1.165) is 24.1 Å². The van der Waals surface area contributed by atoms with Gasteiger partial charge in [0.25, 0.3) is 0 Å². The van der Waals surface area contributed by atoms with Crippen molar-refractivity contribution in [3.63, 3.8) is 0 Å². The number of allylic oxidation sites excluding steroid dienone is 1. The fourth-order valence-corrected chi connectivity index (χ4v) is 4.68. The fraction of sp³-hybridized carbons (Fsp3) is 0.385. The third-order valence-corrected chi connectivity index (χ3v) is 6.32. The summed E-state index contributed by atoms with van der Waals surface area (Å²) >= 11 is 0. The quantitative estimate of drug-likeness (QED) is 0.464. The Morgan fingerprint density at radius 3 is 2.66 bits per heavy atom. The van der Waals surface area contributed by atoms with Crippen LogP contribution in [0.5, 0.6) is 0 Å². The molecule has 1 aliphatic heterocycles. The van der Waals surface area contributed by atoms with Crippen molar-refractivity contribution in [1.82, 2.24) is 9.47 Å². The molecule has 0 radical (unpaired) electrons. The Labute approximate surface area is 173 Å². The van der Waals surface area contributed by atoms with Crippen LogP contribution in [-0.2, 0) is 6.42 Å². The van der Waals surface area contributed by atoms with Gasteiger partial charge in [-0.25, -0.2) is 4.39 Å². The molecule has 1 aliphatic rings. The van der Waals surface area contributed by atoms with E-state index in [2.05, 4.69) is 61.7 Å². The van der Waals surface area contributed by atoms with Gasteiger partial charge in [0.1, 0.15) is 5.82 Å². The summed E-state index contributed by atoms with van der Waals surface area (Å²) in [5, 5.41) is 1.39. The smallest absolute Gasteiger partial charge is 0.123 e. The molecule has 2 heterocycles. The van der Waals surface area contributed by atoms with Crippen LogP contribution in [-0.4, -0.2) is 23.1 Å². The number of aryl methyl sites for hydroxylation is 1. The number of aromatic nitrogens is 1. The monoisotopic (exact) mass is 390 g/mol. The normalized spacial score (nSPS) is 17.7. The second kappa shape index (κ2) is 8.16. The largest absolute Gasteiger partial charge is 0.320 e. The molecule has 152 valence electrons. The van der Waals surface area contributed by atoms with Crippen LogP contribution in [0.15, 0.2) is 42.5 Å². The van der Waals surface area contributed by atoms with E-state index in [1.807, 2.05) is 12.1 Å². The summed E-state index contributed by atoms with van der Waals surface area (Å²) in [6, 6.07) is 14.1. The molecule has 29 heavy (non-hydrogen) atoms. The summed E-state index contributed by atoms with van der Waals surface area (Å²) in [6.45, 7) is 7.64. The number of nitrogens with zero attached hydrogens (tertiary/aromatic N) is 2. The molecule has 1 atom stereocenters. The SMILES string of the molecule is CCCCC1c2c(n(/C=C(\C)c3ccc(F)cc3)c3ccc(C)cc23)CCN1C. The average molecular weight is 391 g/mol. The standard InChI is InChI=1S/C26H31FN2/c1-5-6-7-24-26-22-16-18(2)8-13-23(22)29(25(26)14-15-28(24)4)17-19(3)20-9-11-21(27)12-10-20/h8-13,16-17,24H,5-7,14-15H2,1-4H3/b19-17+. The molecule has 3 aromatic rings. The topological polar surface area (TPSA) is 8.17 Å². The van der Waals surface area contributed by atoms with Gasteiger partial charge in [0.05, 0.1) is 5.52 Å². The maximum Gasteiger partial charge on any atom is 0.123 e. The highest BCUT2D eigenvalue weighted by atomic mass is 19.1. The van der Waals surface area contributed by atoms with Gasteiger partial charge in [0.2, 0.25) is 0 Å². The minimum atomic E-state index is -0.192. The number of likely N-dealkylation sites (N-methyl/N-ethyl adjacent to an activating group) is 1. The molecule has 4 rings (SSSR count). The number of unbranched alkanes of at least 4 members (excludes halogenated alkanes) is 1. The first kappa shape index (κ1) is 19.9. The van der Waals surface area contributed by atoms with Crippen LogP contribution in [0.25, 0.3) is 22.7 Å². The molecular formula is C26H31FN2. The molecule has 0 fully saturated rings. The minimum absolute atomic E-state index is 0.192. The fourth-order valence-electron chi connectivity index (χ4n) is 4.68. The molecule has 0 amide bonds. The molecule has 0 N–H and O–H groups in total. The lowest BCUT2D eigenvalue weighted by atomic mass is 9.92. The van der Waals surface area contributed by atoms with Crippen molar-refractivity contribution in [3.8, 4) is 0 Å². The molecule has 2 aromatic carbocycles. The summed E-state index contributed by atoms with van der Waals surface area (Å²) in [6.07, 6.45) is 6.97. The highest BCUT2D eigenvalue weighted by molar-refractivity contribution is 5.91. The van der Waals surface area contributed by atoms with E-state index < -0.39 is 0 Å². The molecule has 0 bridgehead atoms. The van der Waals surface area contributed by atoms with Crippen LogP contribution >= 0.6 is 0 Å². The highest BCUT2D eigenvalue weighted by Gasteiger charge is 2.30. The summed E-state index contributed by atoms with van der Waals surface area (Å²) in [5.74, 6) is -0.192. The lowest BCUT2D eigenvalue weighted by molar-refractivity contribution is 0.216. The van der Waals surface area contributed by atoms with Crippen molar-refractivity contribution >= 4 is 22.7 Å². The Kier molecular flexibility index (Phi) is 5.60. The summed E-state index contributed by atoms with van der Waals surface area (Å²) in [4.78, 5) is 2.53. The molecule has 0 saturated heterocycles. The average Bonchev–Trinajstić information content (AvgIpc) is 3.00. The van der Waals surface area contributed by atoms with Gasteiger partial charge in [0, 0.05) is 36.3 Å². The highest BCUT2D eigenvalue weighted by Crippen LogP contribution is 2.40. The van der Waals surface area contributed by atoms with Crippen LogP contribution in [0.2, 0.25) is 0 Å². The molecule has 2 nitrogen and oxygen atoms in total. The molecule has 0 saturated carbocycles. The second-order valence-corrected chi connectivity index (χ2v) is 8.46. The van der Waals surface area contributed by atoms with Crippen molar-refractivity contribution in [3.05, 3.63) is 70.7 Å². The Morgan fingerprint density at radius 2 is 1.93 bits per heavy atom. The van der Waals surface area contributed by atoms with E-state index in [9.17, 15) is 4.39 Å². The van der Waals surface area contributed by atoms with Gasteiger partial charge in [-0.1, -0.05) is 43.5 Å². The van der Waals surface area contributed by atoms with E-state index in [-0.39, 0.29) is 5.82 Å². The van der Waals surface area contributed by atoms with Gasteiger partial charge >= 0.3 is 0 Å². The number of fused-ring (bicyclic) bond motifs is 3. The lowest BCUT2D eigenvalue weighted by Gasteiger charge is -2.33. The zero-order valence-corrected chi connectivity index (χ0v) is 18.0. The van der Waals surface area contributed by atoms with E-state index >= 15 is 0 Å². The first-order valence-electron chi connectivity index (χ1n) is 10.8. The minimum Gasteiger partial charge on any atom is -0.320 e. The number of halogens is 1. The Hall–Kier alpha value is -2.39. The summed E-state index contributed by atoms with van der Waals surface area (Å²) < 4.78 is 15.7. The first-order valence-corrected chi connectivity index (χ1v) is 10.8. The molecule has 1 unspecified atom stereocenters. The van der Waals surface area contributed by atoms with Gasteiger partial charge in [-0.2, -0.15) is 0 Å². The number of benzene rings is 2. The zero-order valence-electron chi connectivity index (χ0n) is 18.0. The second-order valence-electron chi connectivity index (χ2n) is 8.46. The maximum atomic E-state index is 13.4. The third kappa shape index (κ3) is 3.76. The van der Waals surface area contributed by atoms with Crippen molar-refractivity contribution in [2.75, 3.05) is 13.6 Å². The molecule has 3 heteroatoms. The predicted molar refractivity (Wildman–Crippen MR) is 122 cm³/mol. The lowest BCUT2D eigenvalue weighted by Crippen LogP contribution is -2.32. The van der Waals surface area contributed by atoms with Crippen molar-refractivity contribution < 1.29 is 4.39 Å². The van der Waals surface area contributed by atoms with Crippen molar-refractivity contribution in [1.29, 1.82) is 0 Å². The first-order chi connectivity index (χ1) is 14.0. The van der Waals surface area contributed by atoms with Gasteiger partial charge in [-0.3, -0.25) is 4.90 Å². The van der Waals surface area contributed by atoms with Gasteiger partial charge < -0.3 is 4.57 Å². The third-order valence-electron chi connectivity index (χ3n) is 6.32.